The van der Waals surface area contributed by atoms with Gasteiger partial charge in [0.15, 0.2) is 0 Å². The lowest BCUT2D eigenvalue weighted by Gasteiger charge is -2.10. The molecule has 3 heteroatoms. The van der Waals surface area contributed by atoms with Gasteiger partial charge in [-0.15, -0.1) is 0 Å². The van der Waals surface area contributed by atoms with E-state index < -0.39 is 0 Å². The Morgan fingerprint density at radius 2 is 2.00 bits per heavy atom. The normalized spacial score (nSPS) is 11.9. The highest BCUT2D eigenvalue weighted by atomic mass is 16.5. The second-order valence-corrected chi connectivity index (χ2v) is 3.95. The molecule has 1 aromatic carbocycles. The highest BCUT2D eigenvalue weighted by molar-refractivity contribution is 5.94. The number of carbonyl (C=O) groups excluding carboxylic acids is 1. The van der Waals surface area contributed by atoms with Gasteiger partial charge in [0.2, 0.25) is 0 Å². The molecule has 0 saturated carbocycles. The Morgan fingerprint density at radius 3 is 2.50 bits per heavy atom. The van der Waals surface area contributed by atoms with E-state index in [4.69, 9.17) is 4.74 Å². The van der Waals surface area contributed by atoms with Gasteiger partial charge < -0.3 is 10.1 Å². The first kappa shape index (κ1) is 12.6. The zero-order valence-electron chi connectivity index (χ0n) is 10.1. The summed E-state index contributed by atoms with van der Waals surface area (Å²) in [5.41, 5.74) is 0.670. The minimum Gasteiger partial charge on any atom is -0.497 e. The third-order valence-corrected chi connectivity index (χ3v) is 2.66. The van der Waals surface area contributed by atoms with E-state index in [0.717, 1.165) is 18.7 Å². The third-order valence-electron chi connectivity index (χ3n) is 2.66. The predicted octanol–water partition coefficient (Wildman–Crippen LogP) is 2.47. The largest absolute Gasteiger partial charge is 0.497 e. The average Bonchev–Trinajstić information content (AvgIpc) is 2.35. The zero-order valence-corrected chi connectivity index (χ0v) is 10.1. The van der Waals surface area contributed by atoms with Crippen molar-refractivity contribution in [3.63, 3.8) is 0 Å². The first-order chi connectivity index (χ1) is 7.67. The molecule has 0 spiro atoms. The summed E-state index contributed by atoms with van der Waals surface area (Å²) in [6.45, 7) is 4.96. The molecular formula is C13H19NO2. The summed E-state index contributed by atoms with van der Waals surface area (Å²) in [5.74, 6) is 1.25. The van der Waals surface area contributed by atoms with Crippen molar-refractivity contribution in [3.05, 3.63) is 29.8 Å². The second kappa shape index (κ2) is 6.16. The van der Waals surface area contributed by atoms with Gasteiger partial charge in [0, 0.05) is 12.1 Å². The van der Waals surface area contributed by atoms with Crippen LogP contribution in [0.5, 0.6) is 5.75 Å². The van der Waals surface area contributed by atoms with Gasteiger partial charge in [-0.05, 0) is 30.2 Å². The SMILES string of the molecule is CCC(C)CNC(=O)c1ccc(OC)cc1. The van der Waals surface area contributed by atoms with E-state index in [9.17, 15) is 4.79 Å². The standard InChI is InChI=1S/C13H19NO2/c1-4-10(2)9-14-13(15)11-5-7-12(16-3)8-6-11/h5-8,10H,4,9H2,1-3H3,(H,14,15). The molecule has 1 amide bonds. The first-order valence-corrected chi connectivity index (χ1v) is 5.59. The Hall–Kier alpha value is -1.51. The van der Waals surface area contributed by atoms with Crippen molar-refractivity contribution in [2.24, 2.45) is 5.92 Å². The minimum atomic E-state index is -0.0250. The van der Waals surface area contributed by atoms with Crippen molar-refractivity contribution >= 4 is 5.91 Å². The van der Waals surface area contributed by atoms with E-state index in [1.54, 1.807) is 31.4 Å². The summed E-state index contributed by atoms with van der Waals surface area (Å²) in [7, 11) is 1.61. The molecular weight excluding hydrogens is 202 g/mol. The number of hydrogen-bond donors (Lipinski definition) is 1. The summed E-state index contributed by atoms with van der Waals surface area (Å²) in [4.78, 5) is 11.7. The van der Waals surface area contributed by atoms with Gasteiger partial charge >= 0.3 is 0 Å². The number of methoxy groups -OCH3 is 1. The maximum absolute atomic E-state index is 11.7. The summed E-state index contributed by atoms with van der Waals surface area (Å²) in [6.07, 6.45) is 1.07. The monoisotopic (exact) mass is 221 g/mol. The van der Waals surface area contributed by atoms with Crippen LogP contribution < -0.4 is 10.1 Å². The fourth-order valence-corrected chi connectivity index (χ4v) is 1.26. The molecule has 0 heterocycles. The molecule has 88 valence electrons. The van der Waals surface area contributed by atoms with Gasteiger partial charge in [-0.3, -0.25) is 4.79 Å². The summed E-state index contributed by atoms with van der Waals surface area (Å²) >= 11 is 0. The van der Waals surface area contributed by atoms with Crippen LogP contribution in [0.3, 0.4) is 0 Å². The first-order valence-electron chi connectivity index (χ1n) is 5.59. The molecule has 0 aliphatic rings. The van der Waals surface area contributed by atoms with Crippen molar-refractivity contribution in [1.82, 2.24) is 5.32 Å². The maximum atomic E-state index is 11.7. The number of amides is 1. The van der Waals surface area contributed by atoms with Crippen LogP contribution in [-0.4, -0.2) is 19.6 Å². The molecule has 1 unspecified atom stereocenters. The van der Waals surface area contributed by atoms with Crippen LogP contribution in [0, 0.1) is 5.92 Å². The van der Waals surface area contributed by atoms with Crippen LogP contribution in [0.25, 0.3) is 0 Å². The molecule has 0 saturated heterocycles. The second-order valence-electron chi connectivity index (χ2n) is 3.95. The van der Waals surface area contributed by atoms with Crippen molar-refractivity contribution in [2.45, 2.75) is 20.3 Å². The van der Waals surface area contributed by atoms with Gasteiger partial charge in [-0.1, -0.05) is 20.3 Å². The van der Waals surface area contributed by atoms with Crippen LogP contribution >= 0.6 is 0 Å². The number of nitrogens with one attached hydrogen (secondary N) is 1. The lowest BCUT2D eigenvalue weighted by Crippen LogP contribution is -2.27. The van der Waals surface area contributed by atoms with Crippen LogP contribution in [0.2, 0.25) is 0 Å². The lowest BCUT2D eigenvalue weighted by atomic mass is 10.1. The van der Waals surface area contributed by atoms with Gasteiger partial charge in [0.05, 0.1) is 7.11 Å². The third kappa shape index (κ3) is 3.57. The van der Waals surface area contributed by atoms with Crippen LogP contribution in [-0.2, 0) is 0 Å². The molecule has 16 heavy (non-hydrogen) atoms. The average molecular weight is 221 g/mol. The van der Waals surface area contributed by atoms with Gasteiger partial charge in [-0.25, -0.2) is 0 Å². The molecule has 3 nitrogen and oxygen atoms in total. The van der Waals surface area contributed by atoms with E-state index in [1.807, 2.05) is 0 Å². The van der Waals surface area contributed by atoms with Gasteiger partial charge in [-0.2, -0.15) is 0 Å². The van der Waals surface area contributed by atoms with Crippen LogP contribution in [0.15, 0.2) is 24.3 Å². The van der Waals surface area contributed by atoms with Gasteiger partial charge in [0.1, 0.15) is 5.75 Å². The topological polar surface area (TPSA) is 38.3 Å². The minimum absolute atomic E-state index is 0.0250. The molecule has 0 fully saturated rings. The van der Waals surface area contributed by atoms with E-state index in [2.05, 4.69) is 19.2 Å². The van der Waals surface area contributed by atoms with E-state index >= 15 is 0 Å². The van der Waals surface area contributed by atoms with Gasteiger partial charge in [0.25, 0.3) is 5.91 Å². The highest BCUT2D eigenvalue weighted by Gasteiger charge is 2.06. The number of benzene rings is 1. The zero-order chi connectivity index (χ0) is 12.0. The Morgan fingerprint density at radius 1 is 1.38 bits per heavy atom. The predicted molar refractivity (Wildman–Crippen MR) is 64.8 cm³/mol. The smallest absolute Gasteiger partial charge is 0.251 e. The Balaban J connectivity index is 2.52. The fourth-order valence-electron chi connectivity index (χ4n) is 1.26. The Bertz CT molecular complexity index is 332. The number of ether oxygens (including phenoxy) is 1. The van der Waals surface area contributed by atoms with E-state index in [0.29, 0.717) is 11.5 Å². The highest BCUT2D eigenvalue weighted by Crippen LogP contribution is 2.11. The van der Waals surface area contributed by atoms with Crippen molar-refractivity contribution < 1.29 is 9.53 Å². The summed E-state index contributed by atoms with van der Waals surface area (Å²) in [5, 5.41) is 2.91. The molecule has 1 rings (SSSR count). The number of rotatable bonds is 5. The van der Waals surface area contributed by atoms with E-state index in [1.165, 1.54) is 0 Å². The van der Waals surface area contributed by atoms with Crippen molar-refractivity contribution in [1.29, 1.82) is 0 Å². The molecule has 1 aromatic rings. The Labute approximate surface area is 96.8 Å². The fraction of sp³-hybridized carbons (Fsp3) is 0.462. The molecule has 0 bridgehead atoms. The van der Waals surface area contributed by atoms with Crippen LogP contribution in [0.4, 0.5) is 0 Å². The molecule has 0 aliphatic carbocycles. The number of hydrogen-bond acceptors (Lipinski definition) is 2. The number of carbonyl (C=O) groups is 1. The van der Waals surface area contributed by atoms with Crippen molar-refractivity contribution in [3.8, 4) is 5.75 Å². The molecule has 0 aromatic heterocycles. The molecule has 0 aliphatic heterocycles. The lowest BCUT2D eigenvalue weighted by molar-refractivity contribution is 0.0948. The van der Waals surface area contributed by atoms with Crippen molar-refractivity contribution in [2.75, 3.05) is 13.7 Å². The Kier molecular flexibility index (Phi) is 4.83. The maximum Gasteiger partial charge on any atom is 0.251 e. The molecule has 0 radical (unpaired) electrons. The summed E-state index contributed by atoms with van der Waals surface area (Å²) in [6, 6.07) is 7.12. The molecule has 1 atom stereocenters. The van der Waals surface area contributed by atoms with E-state index in [-0.39, 0.29) is 5.91 Å². The molecule has 1 N–H and O–H groups in total. The van der Waals surface area contributed by atoms with Crippen LogP contribution in [0.1, 0.15) is 30.6 Å². The summed E-state index contributed by atoms with van der Waals surface area (Å²) < 4.78 is 5.03. The quantitative estimate of drug-likeness (QED) is 0.829.